The minimum absolute atomic E-state index is 0.223. The highest BCUT2D eigenvalue weighted by molar-refractivity contribution is 9.10. The van der Waals surface area contributed by atoms with Gasteiger partial charge in [-0.25, -0.2) is 0 Å². The van der Waals surface area contributed by atoms with Gasteiger partial charge in [0.15, 0.2) is 0 Å². The van der Waals surface area contributed by atoms with Crippen LogP contribution < -0.4 is 5.32 Å². The summed E-state index contributed by atoms with van der Waals surface area (Å²) in [5.74, 6) is -0.760. The van der Waals surface area contributed by atoms with Crippen LogP contribution in [0.4, 0.5) is 0 Å². The highest BCUT2D eigenvalue weighted by Crippen LogP contribution is 2.34. The molecule has 0 spiro atoms. The van der Waals surface area contributed by atoms with Crippen LogP contribution in [0.1, 0.15) is 33.1 Å². The van der Waals surface area contributed by atoms with Crippen molar-refractivity contribution in [2.24, 2.45) is 0 Å². The Morgan fingerprint density at radius 3 is 2.75 bits per heavy atom. The summed E-state index contributed by atoms with van der Waals surface area (Å²) < 4.78 is 1.06. The molecule has 2 unspecified atom stereocenters. The van der Waals surface area contributed by atoms with Gasteiger partial charge in [0.25, 0.3) is 0 Å². The van der Waals surface area contributed by atoms with Gasteiger partial charge in [-0.05, 0) is 54.2 Å². The van der Waals surface area contributed by atoms with Crippen LogP contribution in [0.25, 0.3) is 0 Å². The maximum Gasteiger partial charge on any atom is 0.323 e. The summed E-state index contributed by atoms with van der Waals surface area (Å²) in [5, 5.41) is 13.0. The number of carbonyl (C=O) groups is 1. The van der Waals surface area contributed by atoms with Gasteiger partial charge in [-0.2, -0.15) is 0 Å². The van der Waals surface area contributed by atoms with E-state index in [4.69, 9.17) is 0 Å². The van der Waals surface area contributed by atoms with Gasteiger partial charge in [0.05, 0.1) is 0 Å². The second-order valence-corrected chi connectivity index (χ2v) is 7.95. The molecular weight excluding hydrogens is 338 g/mol. The van der Waals surface area contributed by atoms with Gasteiger partial charge in [-0.1, -0.05) is 19.1 Å². The second-order valence-electron chi connectivity index (χ2n) is 5.62. The largest absolute Gasteiger partial charge is 0.480 e. The van der Waals surface area contributed by atoms with Crippen LogP contribution in [0.2, 0.25) is 0 Å². The van der Waals surface area contributed by atoms with Crippen LogP contribution in [-0.2, 0) is 4.79 Å². The predicted molar refractivity (Wildman–Crippen MR) is 86.3 cm³/mol. The fourth-order valence-electron chi connectivity index (χ4n) is 2.26. The Morgan fingerprint density at radius 1 is 1.55 bits per heavy atom. The Bertz CT molecular complexity index is 493. The predicted octanol–water partition coefficient (Wildman–Crippen LogP) is 3.92. The number of aliphatic carboxylic acids is 1. The first kappa shape index (κ1) is 15.9. The number of hydrogen-bond donors (Lipinski definition) is 2. The van der Waals surface area contributed by atoms with Gasteiger partial charge in [0.1, 0.15) is 5.54 Å². The first-order chi connectivity index (χ1) is 9.40. The topological polar surface area (TPSA) is 49.3 Å². The van der Waals surface area contributed by atoms with E-state index in [1.807, 2.05) is 18.2 Å². The lowest BCUT2D eigenvalue weighted by Gasteiger charge is -2.29. The molecule has 0 heterocycles. The van der Waals surface area contributed by atoms with E-state index in [0.29, 0.717) is 12.5 Å². The van der Waals surface area contributed by atoms with E-state index in [2.05, 4.69) is 34.2 Å². The highest BCUT2D eigenvalue weighted by Gasteiger charge is 2.39. The van der Waals surface area contributed by atoms with Crippen molar-refractivity contribution in [2.45, 2.75) is 54.8 Å². The first-order valence-electron chi connectivity index (χ1n) is 6.83. The summed E-state index contributed by atoms with van der Waals surface area (Å²) in [6, 6.07) is 8.43. The number of hydrogen-bond acceptors (Lipinski definition) is 3. The zero-order valence-corrected chi connectivity index (χ0v) is 14.1. The van der Waals surface area contributed by atoms with Crippen molar-refractivity contribution in [1.82, 2.24) is 5.32 Å². The number of nitrogens with one attached hydrogen (secondary N) is 1. The zero-order valence-electron chi connectivity index (χ0n) is 11.7. The normalized spacial score (nSPS) is 19.4. The Balaban J connectivity index is 1.99. The number of carboxylic acid groups (broad SMARTS) is 1. The lowest BCUT2D eigenvalue weighted by atomic mass is 9.96. The summed E-state index contributed by atoms with van der Waals surface area (Å²) in [4.78, 5) is 12.7. The van der Waals surface area contributed by atoms with Gasteiger partial charge in [0, 0.05) is 20.7 Å². The van der Waals surface area contributed by atoms with Gasteiger partial charge < -0.3 is 5.11 Å². The van der Waals surface area contributed by atoms with Gasteiger partial charge in [0.2, 0.25) is 0 Å². The molecule has 0 saturated heterocycles. The second kappa shape index (κ2) is 6.50. The SMILES string of the molecule is CC(CC(C)(NC1CC1)C(=O)O)Sc1ccccc1Br. The van der Waals surface area contributed by atoms with E-state index in [9.17, 15) is 9.90 Å². The molecule has 0 amide bonds. The molecule has 20 heavy (non-hydrogen) atoms. The molecule has 0 aliphatic heterocycles. The van der Waals surface area contributed by atoms with Gasteiger partial charge in [-0.15, -0.1) is 11.8 Å². The Labute approximate surface area is 132 Å². The van der Waals surface area contributed by atoms with Gasteiger partial charge >= 0.3 is 5.97 Å². The van der Waals surface area contributed by atoms with Crippen molar-refractivity contribution >= 4 is 33.7 Å². The van der Waals surface area contributed by atoms with E-state index >= 15 is 0 Å². The summed E-state index contributed by atoms with van der Waals surface area (Å²) in [6.07, 6.45) is 2.79. The van der Waals surface area contributed by atoms with Crippen LogP contribution in [-0.4, -0.2) is 27.9 Å². The molecule has 0 radical (unpaired) electrons. The quantitative estimate of drug-likeness (QED) is 0.726. The van der Waals surface area contributed by atoms with Crippen molar-refractivity contribution in [1.29, 1.82) is 0 Å². The van der Waals surface area contributed by atoms with Crippen molar-refractivity contribution < 1.29 is 9.90 Å². The van der Waals surface area contributed by atoms with E-state index in [-0.39, 0.29) is 5.25 Å². The molecule has 0 bridgehead atoms. The molecule has 2 atom stereocenters. The molecule has 1 aromatic rings. The van der Waals surface area contributed by atoms with E-state index < -0.39 is 11.5 Å². The molecule has 1 fully saturated rings. The van der Waals surface area contributed by atoms with Crippen LogP contribution in [0.3, 0.4) is 0 Å². The molecule has 5 heteroatoms. The van der Waals surface area contributed by atoms with Gasteiger partial charge in [-0.3, -0.25) is 10.1 Å². The van der Waals surface area contributed by atoms with E-state index in [1.54, 1.807) is 18.7 Å². The minimum atomic E-state index is -0.838. The Kier molecular flexibility index (Phi) is 5.15. The molecule has 1 aliphatic carbocycles. The number of rotatable bonds is 7. The monoisotopic (exact) mass is 357 g/mol. The fourth-order valence-corrected chi connectivity index (χ4v) is 4.01. The first-order valence-corrected chi connectivity index (χ1v) is 8.50. The highest BCUT2D eigenvalue weighted by atomic mass is 79.9. The Morgan fingerprint density at radius 2 is 2.20 bits per heavy atom. The lowest BCUT2D eigenvalue weighted by Crippen LogP contribution is -2.51. The molecule has 1 saturated carbocycles. The molecule has 1 aliphatic rings. The smallest absolute Gasteiger partial charge is 0.323 e. The zero-order chi connectivity index (χ0) is 14.8. The van der Waals surface area contributed by atoms with Crippen LogP contribution >= 0.6 is 27.7 Å². The van der Waals surface area contributed by atoms with E-state index in [1.165, 1.54) is 0 Å². The van der Waals surface area contributed by atoms with Crippen molar-refractivity contribution in [2.75, 3.05) is 0 Å². The van der Waals surface area contributed by atoms with Crippen LogP contribution in [0.15, 0.2) is 33.6 Å². The molecule has 3 nitrogen and oxygen atoms in total. The maximum absolute atomic E-state index is 11.6. The third kappa shape index (κ3) is 4.24. The third-order valence-corrected chi connectivity index (χ3v) is 5.57. The maximum atomic E-state index is 11.6. The number of benzene rings is 1. The third-order valence-electron chi connectivity index (χ3n) is 3.43. The van der Waals surface area contributed by atoms with Crippen LogP contribution in [0, 0.1) is 0 Å². The number of thioether (sulfide) groups is 1. The number of halogens is 1. The Hall–Kier alpha value is -0.520. The summed E-state index contributed by atoms with van der Waals surface area (Å²) in [7, 11) is 0. The number of carboxylic acids is 1. The summed E-state index contributed by atoms with van der Waals surface area (Å²) in [6.45, 7) is 3.88. The molecule has 2 rings (SSSR count). The summed E-state index contributed by atoms with van der Waals surface area (Å²) in [5.41, 5.74) is -0.838. The molecular formula is C15H20BrNO2S. The molecule has 0 aromatic heterocycles. The van der Waals surface area contributed by atoms with E-state index in [0.717, 1.165) is 22.2 Å². The average Bonchev–Trinajstić information content (AvgIpc) is 3.15. The molecule has 1 aromatic carbocycles. The molecule has 2 N–H and O–H groups in total. The molecule has 110 valence electrons. The van der Waals surface area contributed by atoms with Crippen molar-refractivity contribution in [3.63, 3.8) is 0 Å². The minimum Gasteiger partial charge on any atom is -0.480 e. The van der Waals surface area contributed by atoms with Crippen molar-refractivity contribution in [3.05, 3.63) is 28.7 Å². The standard InChI is InChI=1S/C15H20BrNO2S/c1-10(20-13-6-4-3-5-12(13)16)9-15(2,14(18)19)17-11-7-8-11/h3-6,10-11,17H,7-9H2,1-2H3,(H,18,19). The summed E-state index contributed by atoms with van der Waals surface area (Å²) >= 11 is 5.24. The average molecular weight is 358 g/mol. The van der Waals surface area contributed by atoms with Crippen LogP contribution in [0.5, 0.6) is 0 Å². The fraction of sp³-hybridized carbons (Fsp3) is 0.533. The lowest BCUT2D eigenvalue weighted by molar-refractivity contribution is -0.144. The van der Waals surface area contributed by atoms with Crippen molar-refractivity contribution in [3.8, 4) is 0 Å².